The SMILES string of the molecule is Cc1ccc(-c2cnc(CCC(=O)N3CCN(S(=O)(=O)c4ccc(F)c(F)c4F)CC3)o2)cc1. The largest absolute Gasteiger partial charge is 0.441 e. The van der Waals surface area contributed by atoms with E-state index >= 15 is 0 Å². The van der Waals surface area contributed by atoms with Crippen LogP contribution in [-0.2, 0) is 21.2 Å². The quantitative estimate of drug-likeness (QED) is 0.491. The number of rotatable bonds is 6. The molecule has 4 rings (SSSR count). The molecule has 1 saturated heterocycles. The van der Waals surface area contributed by atoms with Crippen molar-refractivity contribution in [1.82, 2.24) is 14.2 Å². The summed E-state index contributed by atoms with van der Waals surface area (Å²) >= 11 is 0. The Hall–Kier alpha value is -3.18. The summed E-state index contributed by atoms with van der Waals surface area (Å²) in [6.07, 6.45) is 2.01. The summed E-state index contributed by atoms with van der Waals surface area (Å²) in [5.74, 6) is -4.25. The molecule has 34 heavy (non-hydrogen) atoms. The maximum Gasteiger partial charge on any atom is 0.246 e. The third-order valence-corrected chi connectivity index (χ3v) is 7.57. The van der Waals surface area contributed by atoms with Gasteiger partial charge >= 0.3 is 0 Å². The molecule has 2 aromatic carbocycles. The molecule has 1 fully saturated rings. The van der Waals surface area contributed by atoms with E-state index in [0.29, 0.717) is 23.8 Å². The van der Waals surface area contributed by atoms with Crippen LogP contribution in [0, 0.1) is 24.4 Å². The van der Waals surface area contributed by atoms with E-state index in [4.69, 9.17) is 4.42 Å². The first-order valence-electron chi connectivity index (χ1n) is 10.6. The van der Waals surface area contributed by atoms with E-state index in [1.165, 1.54) is 4.90 Å². The Bertz CT molecular complexity index is 1300. The summed E-state index contributed by atoms with van der Waals surface area (Å²) in [4.78, 5) is 17.4. The smallest absolute Gasteiger partial charge is 0.246 e. The van der Waals surface area contributed by atoms with Crippen molar-refractivity contribution in [3.05, 3.63) is 71.5 Å². The highest BCUT2D eigenvalue weighted by molar-refractivity contribution is 7.89. The minimum absolute atomic E-state index is 0.0869. The van der Waals surface area contributed by atoms with Crippen molar-refractivity contribution in [2.24, 2.45) is 0 Å². The van der Waals surface area contributed by atoms with E-state index in [1.54, 1.807) is 6.20 Å². The maximum atomic E-state index is 14.0. The summed E-state index contributed by atoms with van der Waals surface area (Å²) < 4.78 is 72.7. The molecule has 2 heterocycles. The molecule has 1 amide bonds. The third kappa shape index (κ3) is 4.85. The van der Waals surface area contributed by atoms with Crippen LogP contribution in [0.4, 0.5) is 13.2 Å². The maximum absolute atomic E-state index is 14.0. The number of hydrogen-bond donors (Lipinski definition) is 0. The van der Waals surface area contributed by atoms with Crippen molar-refractivity contribution < 1.29 is 30.8 Å². The Kier molecular flexibility index (Phi) is 6.76. The molecule has 0 bridgehead atoms. The Labute approximate surface area is 194 Å². The molecule has 3 aromatic rings. The minimum Gasteiger partial charge on any atom is -0.441 e. The predicted molar refractivity (Wildman–Crippen MR) is 117 cm³/mol. The monoisotopic (exact) mass is 493 g/mol. The van der Waals surface area contributed by atoms with Gasteiger partial charge in [0.1, 0.15) is 4.90 Å². The zero-order chi connectivity index (χ0) is 24.5. The number of amides is 1. The van der Waals surface area contributed by atoms with Gasteiger partial charge in [0.05, 0.1) is 6.20 Å². The number of sulfonamides is 1. The van der Waals surface area contributed by atoms with Crippen molar-refractivity contribution >= 4 is 15.9 Å². The molecular formula is C23H22F3N3O4S. The first-order chi connectivity index (χ1) is 16.2. The van der Waals surface area contributed by atoms with Crippen LogP contribution in [0.5, 0.6) is 0 Å². The Morgan fingerprint density at radius 3 is 2.35 bits per heavy atom. The van der Waals surface area contributed by atoms with Crippen molar-refractivity contribution in [1.29, 1.82) is 0 Å². The number of aromatic nitrogens is 1. The third-order valence-electron chi connectivity index (χ3n) is 5.65. The number of oxazole rings is 1. The van der Waals surface area contributed by atoms with E-state index in [9.17, 15) is 26.4 Å². The second-order valence-electron chi connectivity index (χ2n) is 7.94. The van der Waals surface area contributed by atoms with Crippen molar-refractivity contribution in [3.63, 3.8) is 0 Å². The molecule has 0 unspecified atom stereocenters. The molecule has 0 radical (unpaired) electrons. The van der Waals surface area contributed by atoms with Gasteiger partial charge in [-0.3, -0.25) is 4.79 Å². The molecule has 1 aliphatic rings. The topological polar surface area (TPSA) is 83.7 Å². The van der Waals surface area contributed by atoms with Gasteiger partial charge < -0.3 is 9.32 Å². The molecule has 7 nitrogen and oxygen atoms in total. The number of carbonyl (C=O) groups is 1. The van der Waals surface area contributed by atoms with Crippen LogP contribution in [-0.4, -0.2) is 54.7 Å². The molecule has 0 atom stereocenters. The first kappa shape index (κ1) is 24.0. The average molecular weight is 494 g/mol. The minimum atomic E-state index is -4.37. The fourth-order valence-electron chi connectivity index (χ4n) is 3.67. The van der Waals surface area contributed by atoms with Crippen LogP contribution < -0.4 is 0 Å². The van der Waals surface area contributed by atoms with Crippen LogP contribution in [0.1, 0.15) is 17.9 Å². The molecule has 0 saturated carbocycles. The lowest BCUT2D eigenvalue weighted by Crippen LogP contribution is -2.50. The highest BCUT2D eigenvalue weighted by Gasteiger charge is 2.33. The molecule has 180 valence electrons. The van der Waals surface area contributed by atoms with Gasteiger partial charge in [-0.05, 0) is 19.1 Å². The lowest BCUT2D eigenvalue weighted by atomic mass is 10.1. The Balaban J connectivity index is 1.33. The normalized spacial score (nSPS) is 15.0. The fourth-order valence-corrected chi connectivity index (χ4v) is 5.15. The van der Waals surface area contributed by atoms with Crippen LogP contribution in [0.25, 0.3) is 11.3 Å². The molecule has 0 spiro atoms. The number of benzene rings is 2. The number of hydrogen-bond acceptors (Lipinski definition) is 5. The summed E-state index contributed by atoms with van der Waals surface area (Å²) in [6.45, 7) is 1.97. The van der Waals surface area contributed by atoms with E-state index in [1.807, 2.05) is 31.2 Å². The van der Waals surface area contributed by atoms with Gasteiger partial charge in [0.25, 0.3) is 0 Å². The van der Waals surface area contributed by atoms with Crippen LogP contribution in [0.2, 0.25) is 0 Å². The van der Waals surface area contributed by atoms with Gasteiger partial charge in [0, 0.05) is 44.6 Å². The van der Waals surface area contributed by atoms with Crippen molar-refractivity contribution in [2.45, 2.75) is 24.7 Å². The van der Waals surface area contributed by atoms with Crippen molar-refractivity contribution in [3.8, 4) is 11.3 Å². The molecule has 11 heteroatoms. The van der Waals surface area contributed by atoms with E-state index in [0.717, 1.165) is 15.4 Å². The Morgan fingerprint density at radius 1 is 1.00 bits per heavy atom. The van der Waals surface area contributed by atoms with Gasteiger partial charge in [0.15, 0.2) is 29.1 Å². The first-order valence-corrected chi connectivity index (χ1v) is 12.0. The number of nitrogens with zero attached hydrogens (tertiary/aromatic N) is 3. The number of carbonyl (C=O) groups excluding carboxylic acids is 1. The van der Waals surface area contributed by atoms with Crippen LogP contribution in [0.15, 0.2) is 51.9 Å². The standard InChI is InChI=1S/C23H22F3N3O4S/c1-15-2-4-16(5-3-15)18-14-27-20(33-18)8-9-21(30)28-10-12-29(13-11-28)34(31,32)19-7-6-17(24)22(25)23(19)26/h2-7,14H,8-13H2,1H3. The summed E-state index contributed by atoms with van der Waals surface area (Å²) in [6, 6.07) is 9.03. The molecule has 0 aliphatic carbocycles. The summed E-state index contributed by atoms with van der Waals surface area (Å²) in [5.41, 5.74) is 2.00. The highest BCUT2D eigenvalue weighted by atomic mass is 32.2. The van der Waals surface area contributed by atoms with Gasteiger partial charge in [0.2, 0.25) is 15.9 Å². The fraction of sp³-hybridized carbons (Fsp3) is 0.304. The van der Waals surface area contributed by atoms with Gasteiger partial charge in [-0.25, -0.2) is 26.6 Å². The molecule has 1 aliphatic heterocycles. The highest BCUT2D eigenvalue weighted by Crippen LogP contribution is 2.25. The van der Waals surface area contributed by atoms with E-state index in [2.05, 4.69) is 4.98 Å². The van der Waals surface area contributed by atoms with Gasteiger partial charge in [-0.15, -0.1) is 0 Å². The zero-order valence-corrected chi connectivity index (χ0v) is 19.1. The van der Waals surface area contributed by atoms with Crippen LogP contribution in [0.3, 0.4) is 0 Å². The van der Waals surface area contributed by atoms with Crippen LogP contribution >= 0.6 is 0 Å². The second-order valence-corrected chi connectivity index (χ2v) is 9.85. The summed E-state index contributed by atoms with van der Waals surface area (Å²) in [7, 11) is -4.37. The molecule has 0 N–H and O–H groups in total. The van der Waals surface area contributed by atoms with Gasteiger partial charge in [-0.2, -0.15) is 4.31 Å². The number of halogens is 3. The second kappa shape index (κ2) is 9.59. The zero-order valence-electron chi connectivity index (χ0n) is 18.3. The average Bonchev–Trinajstić information content (AvgIpc) is 3.30. The van der Waals surface area contributed by atoms with Gasteiger partial charge in [-0.1, -0.05) is 29.8 Å². The predicted octanol–water partition coefficient (Wildman–Crippen LogP) is 3.53. The van der Waals surface area contributed by atoms with E-state index in [-0.39, 0.29) is 44.9 Å². The van der Waals surface area contributed by atoms with Crippen molar-refractivity contribution in [2.75, 3.05) is 26.2 Å². The molecule has 1 aromatic heterocycles. The lowest BCUT2D eigenvalue weighted by Gasteiger charge is -2.34. The molecular weight excluding hydrogens is 471 g/mol. The Morgan fingerprint density at radius 2 is 1.68 bits per heavy atom. The number of aryl methyl sites for hydroxylation is 2. The van der Waals surface area contributed by atoms with E-state index < -0.39 is 32.4 Å². The lowest BCUT2D eigenvalue weighted by molar-refractivity contribution is -0.132. The summed E-state index contributed by atoms with van der Waals surface area (Å²) in [5, 5.41) is 0. The number of piperazine rings is 1.